The van der Waals surface area contributed by atoms with E-state index in [1.807, 2.05) is 36.6 Å². The molecular weight excluding hydrogens is 494 g/mol. The molecule has 12 heteroatoms. The van der Waals surface area contributed by atoms with Gasteiger partial charge in [0.15, 0.2) is 0 Å². The van der Waals surface area contributed by atoms with Crippen LogP contribution in [0.25, 0.3) is 27.5 Å². The molecule has 0 radical (unpaired) electrons. The van der Waals surface area contributed by atoms with Crippen molar-refractivity contribution >= 4 is 57.2 Å². The molecule has 0 atom stereocenters. The third-order valence-electron chi connectivity index (χ3n) is 6.18. The molecule has 37 heavy (non-hydrogen) atoms. The van der Waals surface area contributed by atoms with Gasteiger partial charge < -0.3 is 15.0 Å². The summed E-state index contributed by atoms with van der Waals surface area (Å²) < 4.78 is 3.53. The second-order valence-corrected chi connectivity index (χ2v) is 9.47. The van der Waals surface area contributed by atoms with Crippen LogP contribution in [0.1, 0.15) is 16.1 Å². The lowest BCUT2D eigenvalue weighted by Gasteiger charge is -2.32. The lowest BCUT2D eigenvalue weighted by atomic mass is 10.1. The van der Waals surface area contributed by atoms with E-state index in [1.54, 1.807) is 47.4 Å². The molecule has 0 aliphatic heterocycles. The van der Waals surface area contributed by atoms with Crippen molar-refractivity contribution in [3.05, 3.63) is 65.2 Å². The highest BCUT2D eigenvalue weighted by atomic mass is 35.5. The van der Waals surface area contributed by atoms with Crippen molar-refractivity contribution in [1.29, 1.82) is 0 Å². The maximum absolute atomic E-state index is 13.9. The Bertz CT molecular complexity index is 1640. The number of amides is 2. The third-order valence-corrected chi connectivity index (χ3v) is 6.42. The number of rotatable bonds is 8. The molecule has 0 unspecified atom stereocenters. The number of aryl methyl sites for hydroxylation is 1. The lowest BCUT2D eigenvalue weighted by molar-refractivity contribution is -0.131. The van der Waals surface area contributed by atoms with E-state index in [9.17, 15) is 9.59 Å². The molecule has 190 valence electrons. The molecule has 5 aromatic rings. The van der Waals surface area contributed by atoms with Gasteiger partial charge in [0, 0.05) is 42.0 Å². The fourth-order valence-electron chi connectivity index (χ4n) is 4.29. The summed E-state index contributed by atoms with van der Waals surface area (Å²) in [5.74, 6) is 0.0223. The third kappa shape index (κ3) is 4.66. The van der Waals surface area contributed by atoms with Crippen molar-refractivity contribution in [3.63, 3.8) is 0 Å². The number of nitrogens with zero attached hydrogens (tertiary/aromatic N) is 8. The Morgan fingerprint density at radius 3 is 2.70 bits per heavy atom. The Labute approximate surface area is 217 Å². The molecule has 0 spiro atoms. The number of nitrogen functional groups attached to an aromatic ring is 1. The monoisotopic (exact) mass is 519 g/mol. The van der Waals surface area contributed by atoms with Crippen molar-refractivity contribution in [2.45, 2.75) is 6.54 Å². The number of hydrogen-bond acceptors (Lipinski definition) is 7. The zero-order chi connectivity index (χ0) is 26.3. The summed E-state index contributed by atoms with van der Waals surface area (Å²) in [6.07, 6.45) is 5.93. The van der Waals surface area contributed by atoms with Gasteiger partial charge in [0.25, 0.3) is 5.91 Å². The molecule has 0 aliphatic carbocycles. The molecule has 4 heterocycles. The van der Waals surface area contributed by atoms with E-state index < -0.39 is 0 Å². The second-order valence-electron chi connectivity index (χ2n) is 9.04. The SMILES string of the molecule is CN(C)CCN(C=O)N(Cc1cn2ccc(Cl)cc2n1)C(=O)c1ccc2nc(N)c3cnn(C)c3c2c1. The van der Waals surface area contributed by atoms with Crippen molar-refractivity contribution in [3.8, 4) is 0 Å². The first-order valence-electron chi connectivity index (χ1n) is 11.6. The van der Waals surface area contributed by atoms with Crippen LogP contribution in [-0.2, 0) is 18.4 Å². The number of carbonyl (C=O) groups excluding carboxylic acids is 2. The van der Waals surface area contributed by atoms with Crippen LogP contribution in [-0.4, -0.2) is 78.6 Å². The number of fused-ring (bicyclic) bond motifs is 4. The van der Waals surface area contributed by atoms with E-state index in [1.165, 1.54) is 10.0 Å². The number of anilines is 1. The van der Waals surface area contributed by atoms with Gasteiger partial charge in [-0.1, -0.05) is 11.6 Å². The molecule has 0 bridgehead atoms. The fourth-order valence-corrected chi connectivity index (χ4v) is 4.44. The lowest BCUT2D eigenvalue weighted by Crippen LogP contribution is -2.47. The van der Waals surface area contributed by atoms with E-state index in [4.69, 9.17) is 17.3 Å². The fraction of sp³-hybridized carbons (Fsp3) is 0.240. The van der Waals surface area contributed by atoms with Crippen LogP contribution in [0.15, 0.2) is 48.9 Å². The van der Waals surface area contributed by atoms with E-state index in [2.05, 4.69) is 15.1 Å². The molecule has 1 aromatic carbocycles. The molecule has 0 aliphatic rings. The predicted molar refractivity (Wildman–Crippen MR) is 142 cm³/mol. The summed E-state index contributed by atoms with van der Waals surface area (Å²) in [5, 5.41) is 9.10. The largest absolute Gasteiger partial charge is 0.383 e. The predicted octanol–water partition coefficient (Wildman–Crippen LogP) is 2.58. The summed E-state index contributed by atoms with van der Waals surface area (Å²) >= 11 is 6.11. The van der Waals surface area contributed by atoms with Gasteiger partial charge in [-0.15, -0.1) is 0 Å². The van der Waals surface area contributed by atoms with Crippen LogP contribution in [0.2, 0.25) is 5.02 Å². The van der Waals surface area contributed by atoms with Crippen molar-refractivity contribution < 1.29 is 9.59 Å². The van der Waals surface area contributed by atoms with Gasteiger partial charge in [-0.05, 0) is 44.4 Å². The number of nitrogens with two attached hydrogens (primary N) is 1. The van der Waals surface area contributed by atoms with Gasteiger partial charge in [-0.3, -0.25) is 19.3 Å². The zero-order valence-electron chi connectivity index (χ0n) is 20.7. The van der Waals surface area contributed by atoms with Crippen LogP contribution < -0.4 is 5.73 Å². The van der Waals surface area contributed by atoms with Crippen LogP contribution in [0.4, 0.5) is 5.82 Å². The molecule has 4 aromatic heterocycles. The Hall–Kier alpha value is -4.22. The van der Waals surface area contributed by atoms with Crippen LogP contribution in [0, 0.1) is 0 Å². The van der Waals surface area contributed by atoms with E-state index >= 15 is 0 Å². The standard InChI is InChI=1S/C25H26ClN9O2/c1-31(2)8-9-34(15-36)35(14-18-13-33-7-6-17(26)11-22(33)29-18)25(37)16-4-5-21-19(10-16)23-20(24(27)30-21)12-28-32(23)3/h4-7,10-13,15H,8-9,14H2,1-3H3,(H2,27,30). The summed E-state index contributed by atoms with van der Waals surface area (Å²) in [6, 6.07) is 8.69. The number of carbonyl (C=O) groups is 2. The summed E-state index contributed by atoms with van der Waals surface area (Å²) in [6.45, 7) is 0.975. The first kappa shape index (κ1) is 24.5. The maximum Gasteiger partial charge on any atom is 0.272 e. The van der Waals surface area contributed by atoms with Crippen LogP contribution >= 0.6 is 11.6 Å². The minimum atomic E-state index is -0.352. The minimum absolute atomic E-state index is 0.0868. The molecule has 0 saturated heterocycles. The minimum Gasteiger partial charge on any atom is -0.383 e. The Balaban J connectivity index is 1.57. The number of likely N-dealkylation sites (N-methyl/N-ethyl adjacent to an activating group) is 1. The molecule has 11 nitrogen and oxygen atoms in total. The Morgan fingerprint density at radius 2 is 1.95 bits per heavy atom. The van der Waals surface area contributed by atoms with Gasteiger partial charge in [0.05, 0.1) is 41.4 Å². The second kappa shape index (κ2) is 9.68. The molecule has 5 rings (SSSR count). The topological polar surface area (TPSA) is 118 Å². The number of imidazole rings is 1. The molecule has 2 N–H and O–H groups in total. The van der Waals surface area contributed by atoms with Gasteiger partial charge in [0.1, 0.15) is 11.5 Å². The summed E-state index contributed by atoms with van der Waals surface area (Å²) in [4.78, 5) is 37.1. The normalized spacial score (nSPS) is 11.6. The Morgan fingerprint density at radius 1 is 1.14 bits per heavy atom. The number of halogens is 1. The van der Waals surface area contributed by atoms with Crippen LogP contribution in [0.5, 0.6) is 0 Å². The Kier molecular flexibility index (Phi) is 6.40. The first-order valence-corrected chi connectivity index (χ1v) is 12.0. The highest BCUT2D eigenvalue weighted by Gasteiger charge is 2.25. The summed E-state index contributed by atoms with van der Waals surface area (Å²) in [5.41, 5.74) is 9.19. The molecule has 0 saturated carbocycles. The number of hydrogen-bond donors (Lipinski definition) is 1. The molecule has 2 amide bonds. The van der Waals surface area contributed by atoms with Crippen molar-refractivity contribution in [2.75, 3.05) is 32.9 Å². The van der Waals surface area contributed by atoms with Gasteiger partial charge in [-0.2, -0.15) is 5.10 Å². The van der Waals surface area contributed by atoms with Crippen LogP contribution in [0.3, 0.4) is 0 Å². The smallest absolute Gasteiger partial charge is 0.272 e. The van der Waals surface area contributed by atoms with E-state index in [0.717, 1.165) is 10.9 Å². The summed E-state index contributed by atoms with van der Waals surface area (Å²) in [7, 11) is 5.62. The van der Waals surface area contributed by atoms with E-state index in [0.29, 0.717) is 58.1 Å². The maximum atomic E-state index is 13.9. The highest BCUT2D eigenvalue weighted by molar-refractivity contribution is 6.30. The van der Waals surface area contributed by atoms with E-state index in [-0.39, 0.29) is 12.5 Å². The number of pyridine rings is 2. The van der Waals surface area contributed by atoms with Gasteiger partial charge >= 0.3 is 0 Å². The number of aromatic nitrogens is 5. The highest BCUT2D eigenvalue weighted by Crippen LogP contribution is 2.28. The van der Waals surface area contributed by atoms with Crippen molar-refractivity contribution in [2.24, 2.45) is 7.05 Å². The van der Waals surface area contributed by atoms with Gasteiger partial charge in [0.2, 0.25) is 6.41 Å². The zero-order valence-corrected chi connectivity index (χ0v) is 21.4. The number of hydrazine groups is 1. The average Bonchev–Trinajstić information content (AvgIpc) is 3.46. The number of benzene rings is 1. The van der Waals surface area contributed by atoms with Crippen molar-refractivity contribution in [1.82, 2.24) is 39.1 Å². The quantitative estimate of drug-likeness (QED) is 0.247. The average molecular weight is 520 g/mol. The van der Waals surface area contributed by atoms with Gasteiger partial charge in [-0.25, -0.2) is 15.0 Å². The first-order chi connectivity index (χ1) is 17.7. The molecular formula is C25H26ClN9O2. The molecule has 0 fully saturated rings.